The van der Waals surface area contributed by atoms with Gasteiger partial charge in [0.15, 0.2) is 11.5 Å². The van der Waals surface area contributed by atoms with Crippen molar-refractivity contribution in [2.75, 3.05) is 12.5 Å². The maximum Gasteiger partial charge on any atom is 0.260 e. The van der Waals surface area contributed by atoms with Crippen LogP contribution < -0.4 is 10.2 Å². The van der Waals surface area contributed by atoms with Gasteiger partial charge >= 0.3 is 0 Å². The first-order chi connectivity index (χ1) is 21.6. The molecule has 12 heteroatoms. The van der Waals surface area contributed by atoms with Crippen LogP contribution in [0.3, 0.4) is 0 Å². The Morgan fingerprint density at radius 2 is 1.67 bits per heavy atom. The number of hydrogen-bond donors (Lipinski definition) is 3. The SMILES string of the molecule is COc1cccc([C@H]2C3=CC[C@@H]4C(=O)N(O)C(=O)[C@@H]4[C@@H]3C[C@H]3C(=O)N(Nc4ccc(F)cc4)C(=O)[C@@]23c2ccc(Cl)cc2)c1O. The van der Waals surface area contributed by atoms with Gasteiger partial charge in [0.1, 0.15) is 5.82 Å². The molecule has 0 radical (unpaired) electrons. The molecule has 45 heavy (non-hydrogen) atoms. The maximum atomic E-state index is 15.0. The van der Waals surface area contributed by atoms with Crippen molar-refractivity contribution >= 4 is 40.9 Å². The number of ether oxygens (including phenoxy) is 1. The standard InChI is InChI=1S/C33H27ClFN3O7/c1-45-25-4-2-3-22(28(25)39)27-20-13-14-21-26(31(42)38(44)29(21)40)23(20)15-24-30(41)37(36-19-11-9-18(35)10-12-19)32(43)33(24,27)16-5-7-17(34)8-6-16/h2-13,21,23-24,26-27,36,39,44H,14-15H2,1H3/t21-,23+,24-,26-,27+,33+/m0/s1. The predicted octanol–water partition coefficient (Wildman–Crippen LogP) is 4.57. The van der Waals surface area contributed by atoms with Gasteiger partial charge in [0.2, 0.25) is 0 Å². The highest BCUT2D eigenvalue weighted by atomic mass is 35.5. The van der Waals surface area contributed by atoms with Gasteiger partial charge in [-0.25, -0.2) is 4.39 Å². The molecular formula is C33H27ClFN3O7. The van der Waals surface area contributed by atoms with Crippen LogP contribution in [0.25, 0.3) is 0 Å². The molecule has 0 bridgehead atoms. The van der Waals surface area contributed by atoms with Gasteiger partial charge in [-0.1, -0.05) is 47.5 Å². The third-order valence-corrected chi connectivity index (χ3v) is 10.0. The lowest BCUT2D eigenvalue weighted by Gasteiger charge is -2.50. The second kappa shape index (κ2) is 10.4. The van der Waals surface area contributed by atoms with E-state index in [1.165, 1.54) is 31.4 Å². The molecule has 10 nitrogen and oxygen atoms in total. The van der Waals surface area contributed by atoms with Crippen molar-refractivity contribution in [3.05, 3.63) is 100 Å². The second-order valence-electron chi connectivity index (χ2n) is 11.8. The van der Waals surface area contributed by atoms with Gasteiger partial charge in [0, 0.05) is 16.5 Å². The number of amides is 4. The van der Waals surface area contributed by atoms with Crippen LogP contribution in [0.5, 0.6) is 11.5 Å². The number of hydrogen-bond acceptors (Lipinski definition) is 8. The zero-order valence-electron chi connectivity index (χ0n) is 23.8. The monoisotopic (exact) mass is 631 g/mol. The number of nitrogens with one attached hydrogen (secondary N) is 1. The van der Waals surface area contributed by atoms with E-state index in [4.69, 9.17) is 16.3 Å². The van der Waals surface area contributed by atoms with Gasteiger partial charge in [0.25, 0.3) is 23.6 Å². The van der Waals surface area contributed by atoms with Crippen molar-refractivity contribution in [2.24, 2.45) is 23.7 Å². The number of fused-ring (bicyclic) bond motifs is 4. The van der Waals surface area contributed by atoms with Crippen LogP contribution in [0, 0.1) is 29.5 Å². The fourth-order valence-electron chi connectivity index (χ4n) is 7.92. The van der Waals surface area contributed by atoms with Crippen molar-refractivity contribution in [1.29, 1.82) is 0 Å². The number of allylic oxidation sites excluding steroid dienone is 2. The van der Waals surface area contributed by atoms with Crippen LogP contribution in [0.2, 0.25) is 5.02 Å². The number of aromatic hydroxyl groups is 1. The first kappa shape index (κ1) is 29.0. The topological polar surface area (TPSA) is 136 Å². The van der Waals surface area contributed by atoms with Crippen LogP contribution >= 0.6 is 11.6 Å². The molecular weight excluding hydrogens is 605 g/mol. The van der Waals surface area contributed by atoms with Crippen LogP contribution in [-0.4, -0.2) is 51.1 Å². The first-order valence-electron chi connectivity index (χ1n) is 14.4. The number of phenols is 1. The lowest BCUT2D eigenvalue weighted by atomic mass is 9.49. The van der Waals surface area contributed by atoms with Crippen molar-refractivity contribution in [3.8, 4) is 11.5 Å². The molecule has 4 amide bonds. The van der Waals surface area contributed by atoms with Crippen molar-refractivity contribution < 1.29 is 38.6 Å². The minimum atomic E-state index is -1.65. The number of para-hydroxylation sites is 1. The molecule has 0 spiro atoms. The Bertz CT molecular complexity index is 1800. The Labute approximate surface area is 261 Å². The summed E-state index contributed by atoms with van der Waals surface area (Å²) in [7, 11) is 1.39. The highest BCUT2D eigenvalue weighted by Gasteiger charge is 2.70. The summed E-state index contributed by atoms with van der Waals surface area (Å²) in [4.78, 5) is 55.6. The summed E-state index contributed by atoms with van der Waals surface area (Å²) in [5.74, 6) is -7.96. The van der Waals surface area contributed by atoms with Crippen molar-refractivity contribution in [3.63, 3.8) is 0 Å². The van der Waals surface area contributed by atoms with Gasteiger partial charge in [-0.15, -0.1) is 0 Å². The minimum Gasteiger partial charge on any atom is -0.504 e. The molecule has 3 N–H and O–H groups in total. The van der Waals surface area contributed by atoms with Crippen molar-refractivity contribution in [1.82, 2.24) is 10.1 Å². The van der Waals surface area contributed by atoms with Gasteiger partial charge in [-0.05, 0) is 66.8 Å². The summed E-state index contributed by atoms with van der Waals surface area (Å²) < 4.78 is 19.1. The Kier molecular flexibility index (Phi) is 6.72. The molecule has 0 aromatic heterocycles. The molecule has 230 valence electrons. The molecule has 0 unspecified atom stereocenters. The lowest BCUT2D eigenvalue weighted by molar-refractivity contribution is -0.173. The zero-order valence-corrected chi connectivity index (χ0v) is 24.6. The number of rotatable bonds is 5. The van der Waals surface area contributed by atoms with E-state index in [0.717, 1.165) is 5.01 Å². The van der Waals surface area contributed by atoms with E-state index in [1.807, 2.05) is 0 Å². The van der Waals surface area contributed by atoms with E-state index in [-0.39, 0.29) is 40.7 Å². The highest BCUT2D eigenvalue weighted by molar-refractivity contribution is 6.30. The van der Waals surface area contributed by atoms with E-state index in [0.29, 0.717) is 16.2 Å². The fourth-order valence-corrected chi connectivity index (χ4v) is 8.05. The lowest BCUT2D eigenvalue weighted by Crippen LogP contribution is -2.53. The number of hydroxylamine groups is 2. The van der Waals surface area contributed by atoms with Crippen LogP contribution in [0.15, 0.2) is 78.4 Å². The number of nitrogens with zero attached hydrogens (tertiary/aromatic N) is 2. The highest BCUT2D eigenvalue weighted by Crippen LogP contribution is 2.65. The fraction of sp³-hybridized carbons (Fsp3) is 0.273. The molecule has 2 saturated heterocycles. The molecule has 4 aliphatic rings. The van der Waals surface area contributed by atoms with E-state index in [1.54, 1.807) is 48.5 Å². The average molecular weight is 632 g/mol. The number of methoxy groups -OCH3 is 1. The molecule has 1 saturated carbocycles. The number of benzene rings is 3. The minimum absolute atomic E-state index is 0.00408. The largest absolute Gasteiger partial charge is 0.504 e. The second-order valence-corrected chi connectivity index (χ2v) is 12.2. The number of carbonyl (C=O) groups excluding carboxylic acids is 4. The van der Waals surface area contributed by atoms with Gasteiger partial charge in [-0.2, -0.15) is 10.1 Å². The Morgan fingerprint density at radius 3 is 2.36 bits per heavy atom. The van der Waals surface area contributed by atoms with Gasteiger partial charge in [0.05, 0.1) is 36.0 Å². The summed E-state index contributed by atoms with van der Waals surface area (Å²) in [6.07, 6.45) is 1.90. The Hall–Kier alpha value is -4.74. The normalized spacial score (nSPS) is 28.9. The number of phenolic OH excluding ortho intramolecular Hbond substituents is 1. The number of halogens is 2. The number of carbonyl (C=O) groups is 4. The molecule has 3 fully saturated rings. The number of hydrazine groups is 1. The Morgan fingerprint density at radius 1 is 0.956 bits per heavy atom. The molecule has 2 aliphatic heterocycles. The summed E-state index contributed by atoms with van der Waals surface area (Å²) in [6.45, 7) is 0. The van der Waals surface area contributed by atoms with Gasteiger partial charge in [-0.3, -0.25) is 29.8 Å². The summed E-state index contributed by atoms with van der Waals surface area (Å²) >= 11 is 6.27. The molecule has 2 aliphatic carbocycles. The van der Waals surface area contributed by atoms with E-state index in [2.05, 4.69) is 5.43 Å². The summed E-state index contributed by atoms with van der Waals surface area (Å²) in [5, 5.41) is 23.3. The molecule has 3 aromatic carbocycles. The summed E-state index contributed by atoms with van der Waals surface area (Å²) in [5.41, 5.74) is 2.81. The maximum absolute atomic E-state index is 15.0. The molecule has 3 aromatic rings. The number of anilines is 1. The van der Waals surface area contributed by atoms with Crippen LogP contribution in [0.1, 0.15) is 29.9 Å². The smallest absolute Gasteiger partial charge is 0.260 e. The van der Waals surface area contributed by atoms with E-state index >= 15 is 0 Å². The predicted molar refractivity (Wildman–Crippen MR) is 157 cm³/mol. The van der Waals surface area contributed by atoms with Crippen LogP contribution in [-0.2, 0) is 24.6 Å². The quantitative estimate of drug-likeness (QED) is 0.212. The van der Waals surface area contributed by atoms with Gasteiger partial charge < -0.3 is 9.84 Å². The molecule has 6 atom stereocenters. The Balaban J connectivity index is 1.49. The van der Waals surface area contributed by atoms with Crippen LogP contribution in [0.4, 0.5) is 10.1 Å². The van der Waals surface area contributed by atoms with Crippen molar-refractivity contribution in [2.45, 2.75) is 24.2 Å². The van der Waals surface area contributed by atoms with E-state index < -0.39 is 64.5 Å². The third kappa shape index (κ3) is 4.03. The zero-order chi connectivity index (χ0) is 31.8. The first-order valence-corrected chi connectivity index (χ1v) is 14.8. The molecule has 7 rings (SSSR count). The number of imide groups is 2. The summed E-state index contributed by atoms with van der Waals surface area (Å²) in [6, 6.07) is 16.6. The van der Waals surface area contributed by atoms with E-state index in [9.17, 15) is 33.9 Å². The average Bonchev–Trinajstić information content (AvgIpc) is 3.39. The molecule has 2 heterocycles. The third-order valence-electron chi connectivity index (χ3n) is 9.79.